The Morgan fingerprint density at radius 2 is 0.971 bits per heavy atom. The number of thiocarbonyl (C=S) groups is 1. The Morgan fingerprint density at radius 1 is 0.629 bits per heavy atom. The summed E-state index contributed by atoms with van der Waals surface area (Å²) in [5.41, 5.74) is 1.82. The molecule has 196 valence electrons. The molecule has 2 rings (SSSR count). The SMILES string of the molecule is CCC[CH2][SnH]([CH2]CCC)[CH2]CCC.CCOc1ccc(NC(=S)Nc2ccc(OCC)cc2)cc1. The van der Waals surface area contributed by atoms with Crippen LogP contribution in [0.1, 0.15) is 73.1 Å². The first-order chi connectivity index (χ1) is 17.1. The van der Waals surface area contributed by atoms with Crippen LogP contribution in [0.4, 0.5) is 11.4 Å². The number of hydrogen-bond acceptors (Lipinski definition) is 3. The van der Waals surface area contributed by atoms with Gasteiger partial charge in [-0.1, -0.05) is 0 Å². The van der Waals surface area contributed by atoms with Crippen LogP contribution in [0.25, 0.3) is 0 Å². The van der Waals surface area contributed by atoms with Gasteiger partial charge in [0.15, 0.2) is 5.11 Å². The third-order valence-electron chi connectivity index (χ3n) is 5.74. The van der Waals surface area contributed by atoms with Crippen LogP contribution >= 0.6 is 12.2 Å². The van der Waals surface area contributed by atoms with Crippen molar-refractivity contribution in [1.82, 2.24) is 0 Å². The molecule has 35 heavy (non-hydrogen) atoms. The maximum absolute atomic E-state index is 5.40. The molecule has 4 nitrogen and oxygen atoms in total. The van der Waals surface area contributed by atoms with E-state index in [2.05, 4.69) is 31.4 Å². The fourth-order valence-corrected chi connectivity index (χ4v) is 15.0. The third-order valence-corrected chi connectivity index (χ3v) is 16.4. The molecule has 0 aliphatic heterocycles. The average molecular weight is 607 g/mol. The summed E-state index contributed by atoms with van der Waals surface area (Å²) in [5, 5.41) is 6.80. The van der Waals surface area contributed by atoms with E-state index < -0.39 is 19.8 Å². The Kier molecular flexibility index (Phi) is 18.7. The Hall–Kier alpha value is -1.47. The van der Waals surface area contributed by atoms with Gasteiger partial charge in [0.1, 0.15) is 11.5 Å². The molecule has 0 bridgehead atoms. The minimum Gasteiger partial charge on any atom is -0.494 e. The summed E-state index contributed by atoms with van der Waals surface area (Å²) in [7, 11) is 0. The van der Waals surface area contributed by atoms with Crippen molar-refractivity contribution in [2.24, 2.45) is 0 Å². The molecule has 0 aliphatic carbocycles. The van der Waals surface area contributed by atoms with Gasteiger partial charge in [-0.05, 0) is 74.6 Å². The standard InChI is InChI=1S/C17H20N2O2S.3C4H9.Sn.H/c1-3-20-15-9-5-13(6-10-15)18-17(22)19-14-7-11-16(12-8-14)21-4-2;3*1-3-4-2;;/h5-12H,3-4H2,1-2H3,(H2,18,19,22);3*1,3-4H2,2H3;;. The van der Waals surface area contributed by atoms with Crippen LogP contribution in [0, 0.1) is 0 Å². The van der Waals surface area contributed by atoms with E-state index in [4.69, 9.17) is 21.7 Å². The Bertz CT molecular complexity index is 712. The zero-order valence-electron chi connectivity index (χ0n) is 22.7. The van der Waals surface area contributed by atoms with E-state index in [1.807, 2.05) is 62.4 Å². The maximum Gasteiger partial charge on any atom is 0.175 e. The van der Waals surface area contributed by atoms with E-state index in [1.54, 1.807) is 13.3 Å². The molecule has 0 heterocycles. The minimum absolute atomic E-state index is 0.535. The van der Waals surface area contributed by atoms with E-state index in [1.165, 1.54) is 38.5 Å². The number of unbranched alkanes of at least 4 members (excludes halogenated alkanes) is 3. The first-order valence-electron chi connectivity index (χ1n) is 13.6. The summed E-state index contributed by atoms with van der Waals surface area (Å²) >= 11 is 4.33. The summed E-state index contributed by atoms with van der Waals surface area (Å²) in [6.45, 7) is 12.2. The first kappa shape index (κ1) is 31.6. The van der Waals surface area contributed by atoms with Crippen LogP contribution in [-0.4, -0.2) is 38.1 Å². The van der Waals surface area contributed by atoms with Gasteiger partial charge >= 0.3 is 92.4 Å². The van der Waals surface area contributed by atoms with E-state index in [-0.39, 0.29) is 0 Å². The fourth-order valence-electron chi connectivity index (χ4n) is 3.81. The Labute approximate surface area is 227 Å². The van der Waals surface area contributed by atoms with Gasteiger partial charge in [-0.15, -0.1) is 0 Å². The molecule has 2 N–H and O–H groups in total. The first-order valence-corrected chi connectivity index (χ1v) is 21.0. The molecule has 2 aromatic carbocycles. The van der Waals surface area contributed by atoms with Gasteiger partial charge in [0.2, 0.25) is 0 Å². The summed E-state index contributed by atoms with van der Waals surface area (Å²) in [5.74, 6) is 1.69. The zero-order chi connectivity index (χ0) is 25.7. The molecule has 0 spiro atoms. The molecule has 0 aromatic heterocycles. The van der Waals surface area contributed by atoms with Crippen molar-refractivity contribution in [3.8, 4) is 11.5 Å². The molecule has 0 fully saturated rings. The van der Waals surface area contributed by atoms with Gasteiger partial charge < -0.3 is 20.1 Å². The normalized spacial score (nSPS) is 10.3. The summed E-state index contributed by atoms with van der Waals surface area (Å²) < 4.78 is 15.9. The van der Waals surface area contributed by atoms with Crippen molar-refractivity contribution in [3.63, 3.8) is 0 Å². The quantitative estimate of drug-likeness (QED) is 0.156. The van der Waals surface area contributed by atoms with Crippen molar-refractivity contribution >= 4 is 48.5 Å². The average Bonchev–Trinajstić information content (AvgIpc) is 2.87. The Balaban J connectivity index is 0.000000405. The maximum atomic E-state index is 5.40. The minimum atomic E-state index is -0.967. The molecule has 2 aromatic rings. The number of anilines is 2. The molecule has 0 radical (unpaired) electrons. The molecular formula is C29H48N2O2SSn. The van der Waals surface area contributed by atoms with Crippen molar-refractivity contribution in [1.29, 1.82) is 0 Å². The van der Waals surface area contributed by atoms with E-state index >= 15 is 0 Å². The van der Waals surface area contributed by atoms with Gasteiger partial charge in [0.25, 0.3) is 0 Å². The molecule has 0 atom stereocenters. The van der Waals surface area contributed by atoms with Crippen LogP contribution in [0.15, 0.2) is 48.5 Å². The molecule has 0 aliphatic rings. The third kappa shape index (κ3) is 15.3. The second kappa shape index (κ2) is 20.7. The van der Waals surface area contributed by atoms with Crippen LogP contribution in [0.2, 0.25) is 13.3 Å². The number of rotatable bonds is 15. The van der Waals surface area contributed by atoms with Gasteiger partial charge in [0.05, 0.1) is 13.2 Å². The monoisotopic (exact) mass is 608 g/mol. The fraction of sp³-hybridized carbons (Fsp3) is 0.552. The molecule has 0 amide bonds. The van der Waals surface area contributed by atoms with Crippen molar-refractivity contribution in [2.45, 2.75) is 86.5 Å². The summed E-state index contributed by atoms with van der Waals surface area (Å²) in [6, 6.07) is 15.3. The largest absolute Gasteiger partial charge is 0.494 e. The summed E-state index contributed by atoms with van der Waals surface area (Å²) in [6.07, 6.45) is 8.87. The summed E-state index contributed by atoms with van der Waals surface area (Å²) in [4.78, 5) is 0. The van der Waals surface area contributed by atoms with Gasteiger partial charge in [-0.2, -0.15) is 0 Å². The van der Waals surface area contributed by atoms with Crippen LogP contribution in [0.5, 0.6) is 11.5 Å². The number of nitrogens with one attached hydrogen (secondary N) is 2. The molecule has 6 heteroatoms. The van der Waals surface area contributed by atoms with E-state index in [9.17, 15) is 0 Å². The topological polar surface area (TPSA) is 42.5 Å². The zero-order valence-corrected chi connectivity index (χ0v) is 26.8. The molecule has 0 saturated heterocycles. The Morgan fingerprint density at radius 3 is 1.26 bits per heavy atom. The number of hydrogen-bond donors (Lipinski definition) is 2. The van der Waals surface area contributed by atoms with Gasteiger partial charge in [-0.25, -0.2) is 0 Å². The van der Waals surface area contributed by atoms with E-state index in [0.717, 1.165) is 22.9 Å². The second-order valence-corrected chi connectivity index (χ2v) is 19.1. The molecule has 0 saturated carbocycles. The van der Waals surface area contributed by atoms with Crippen molar-refractivity contribution in [3.05, 3.63) is 48.5 Å². The van der Waals surface area contributed by atoms with Crippen molar-refractivity contribution in [2.75, 3.05) is 23.8 Å². The predicted molar refractivity (Wildman–Crippen MR) is 161 cm³/mol. The van der Waals surface area contributed by atoms with Gasteiger partial charge in [-0.3, -0.25) is 0 Å². The van der Waals surface area contributed by atoms with E-state index in [0.29, 0.717) is 18.3 Å². The predicted octanol–water partition coefficient (Wildman–Crippen LogP) is 8.91. The number of benzene rings is 2. The molecular weight excluding hydrogens is 559 g/mol. The van der Waals surface area contributed by atoms with Crippen LogP contribution in [0.3, 0.4) is 0 Å². The smallest absolute Gasteiger partial charge is 0.175 e. The van der Waals surface area contributed by atoms with Crippen molar-refractivity contribution < 1.29 is 9.47 Å². The number of ether oxygens (including phenoxy) is 2. The molecule has 0 unspecified atom stereocenters. The van der Waals surface area contributed by atoms with Crippen LogP contribution in [-0.2, 0) is 0 Å². The van der Waals surface area contributed by atoms with Crippen LogP contribution < -0.4 is 20.1 Å². The van der Waals surface area contributed by atoms with Gasteiger partial charge in [0, 0.05) is 11.4 Å². The second-order valence-electron chi connectivity index (χ2n) is 8.79.